The highest BCUT2D eigenvalue weighted by molar-refractivity contribution is 9.10. The number of aryl methyl sites for hydroxylation is 1. The lowest BCUT2D eigenvalue weighted by molar-refractivity contribution is 0.0767. The zero-order valence-electron chi connectivity index (χ0n) is 10.7. The van der Waals surface area contributed by atoms with Gasteiger partial charge in [-0.25, -0.2) is 8.42 Å². The molecule has 0 spiro atoms. The lowest BCUT2D eigenvalue weighted by atomic mass is 10.1. The Bertz CT molecular complexity index is 598. The minimum absolute atomic E-state index is 0.0577. The fraction of sp³-hybridized carbons (Fsp3) is 0.462. The third kappa shape index (κ3) is 3.57. The molecule has 19 heavy (non-hydrogen) atoms. The third-order valence-electron chi connectivity index (χ3n) is 3.20. The number of carbonyl (C=O) groups is 1. The zero-order valence-corrected chi connectivity index (χ0v) is 13.1. The van der Waals surface area contributed by atoms with Crippen LogP contribution in [-0.2, 0) is 9.84 Å². The lowest BCUT2D eigenvalue weighted by Crippen LogP contribution is -2.33. The summed E-state index contributed by atoms with van der Waals surface area (Å²) in [6, 6.07) is 5.59. The lowest BCUT2D eigenvalue weighted by Gasteiger charge is -2.20. The second-order valence-electron chi connectivity index (χ2n) is 4.78. The molecule has 1 fully saturated rings. The number of amides is 1. The van der Waals surface area contributed by atoms with E-state index in [0.717, 1.165) is 10.0 Å². The second kappa shape index (κ2) is 5.63. The Balaban J connectivity index is 2.22. The Morgan fingerprint density at radius 1 is 1.26 bits per heavy atom. The number of rotatable bonds is 1. The molecule has 0 aliphatic carbocycles. The number of halogens is 1. The maximum absolute atomic E-state index is 12.4. The van der Waals surface area contributed by atoms with Gasteiger partial charge >= 0.3 is 0 Å². The van der Waals surface area contributed by atoms with Gasteiger partial charge < -0.3 is 4.90 Å². The quantitative estimate of drug-likeness (QED) is 0.782. The highest BCUT2D eigenvalue weighted by Crippen LogP contribution is 2.20. The van der Waals surface area contributed by atoms with Crippen molar-refractivity contribution < 1.29 is 13.2 Å². The molecule has 1 aliphatic rings. The molecule has 0 bridgehead atoms. The SMILES string of the molecule is Cc1ccc(Br)c(C(=O)N2CCCS(=O)(=O)CC2)c1. The Morgan fingerprint density at radius 3 is 2.74 bits per heavy atom. The average Bonchev–Trinajstić information content (AvgIpc) is 2.52. The van der Waals surface area contributed by atoms with Crippen LogP contribution in [0.3, 0.4) is 0 Å². The van der Waals surface area contributed by atoms with Crippen molar-refractivity contribution in [1.82, 2.24) is 4.90 Å². The van der Waals surface area contributed by atoms with E-state index in [-0.39, 0.29) is 24.0 Å². The predicted molar refractivity (Wildman–Crippen MR) is 78.1 cm³/mol. The monoisotopic (exact) mass is 345 g/mol. The molecule has 1 aliphatic heterocycles. The van der Waals surface area contributed by atoms with Gasteiger partial charge in [0.25, 0.3) is 5.91 Å². The predicted octanol–water partition coefficient (Wildman–Crippen LogP) is 2.02. The van der Waals surface area contributed by atoms with Gasteiger partial charge in [0.1, 0.15) is 0 Å². The number of hydrogen-bond donors (Lipinski definition) is 0. The number of hydrogen-bond acceptors (Lipinski definition) is 3. The summed E-state index contributed by atoms with van der Waals surface area (Å²) in [6.07, 6.45) is 0.511. The van der Waals surface area contributed by atoms with Crippen molar-refractivity contribution in [3.8, 4) is 0 Å². The Labute approximate surface area is 121 Å². The third-order valence-corrected chi connectivity index (χ3v) is 5.60. The van der Waals surface area contributed by atoms with Crippen molar-refractivity contribution in [1.29, 1.82) is 0 Å². The highest BCUT2D eigenvalue weighted by atomic mass is 79.9. The van der Waals surface area contributed by atoms with Crippen LogP contribution >= 0.6 is 15.9 Å². The summed E-state index contributed by atoms with van der Waals surface area (Å²) in [5.41, 5.74) is 1.60. The van der Waals surface area contributed by atoms with Gasteiger partial charge in [-0.2, -0.15) is 0 Å². The summed E-state index contributed by atoms with van der Waals surface area (Å²) in [5, 5.41) is 0. The van der Waals surface area contributed by atoms with Crippen LogP contribution in [0.5, 0.6) is 0 Å². The summed E-state index contributed by atoms with van der Waals surface area (Å²) in [6.45, 7) is 2.70. The molecule has 1 aromatic rings. The Hall–Kier alpha value is -0.880. The van der Waals surface area contributed by atoms with Gasteiger partial charge in [0.05, 0.1) is 17.1 Å². The van der Waals surface area contributed by atoms with E-state index >= 15 is 0 Å². The summed E-state index contributed by atoms with van der Waals surface area (Å²) in [7, 11) is -2.99. The maximum Gasteiger partial charge on any atom is 0.255 e. The van der Waals surface area contributed by atoms with E-state index in [9.17, 15) is 13.2 Å². The van der Waals surface area contributed by atoms with Crippen LogP contribution in [0, 0.1) is 6.92 Å². The molecule has 6 heteroatoms. The van der Waals surface area contributed by atoms with Gasteiger partial charge in [-0.1, -0.05) is 11.6 Å². The molecule has 0 radical (unpaired) electrons. The van der Waals surface area contributed by atoms with Crippen LogP contribution < -0.4 is 0 Å². The fourth-order valence-electron chi connectivity index (χ4n) is 2.11. The van der Waals surface area contributed by atoms with Crippen LogP contribution in [0.25, 0.3) is 0 Å². The number of benzene rings is 1. The van der Waals surface area contributed by atoms with Gasteiger partial charge in [-0.05, 0) is 41.4 Å². The van der Waals surface area contributed by atoms with Crippen molar-refractivity contribution in [3.63, 3.8) is 0 Å². The minimum atomic E-state index is -2.99. The van der Waals surface area contributed by atoms with E-state index in [2.05, 4.69) is 15.9 Å². The summed E-state index contributed by atoms with van der Waals surface area (Å²) in [4.78, 5) is 14.1. The van der Waals surface area contributed by atoms with Crippen molar-refractivity contribution in [3.05, 3.63) is 33.8 Å². The van der Waals surface area contributed by atoms with Gasteiger partial charge in [0, 0.05) is 17.6 Å². The van der Waals surface area contributed by atoms with Crippen LogP contribution in [-0.4, -0.2) is 43.8 Å². The molecule has 0 aromatic heterocycles. The summed E-state index contributed by atoms with van der Waals surface area (Å²) < 4.78 is 23.8. The van der Waals surface area contributed by atoms with Gasteiger partial charge in [0.15, 0.2) is 9.84 Å². The Kier molecular flexibility index (Phi) is 4.30. The molecule has 1 amide bonds. The van der Waals surface area contributed by atoms with E-state index in [1.807, 2.05) is 25.1 Å². The van der Waals surface area contributed by atoms with Crippen LogP contribution in [0.2, 0.25) is 0 Å². The van der Waals surface area contributed by atoms with Crippen molar-refractivity contribution >= 4 is 31.7 Å². The van der Waals surface area contributed by atoms with E-state index in [1.54, 1.807) is 4.90 Å². The molecule has 0 unspecified atom stereocenters. The molecule has 2 rings (SSSR count). The van der Waals surface area contributed by atoms with Gasteiger partial charge in [-0.3, -0.25) is 4.79 Å². The van der Waals surface area contributed by atoms with Crippen molar-refractivity contribution in [2.24, 2.45) is 0 Å². The highest BCUT2D eigenvalue weighted by Gasteiger charge is 2.24. The smallest absolute Gasteiger partial charge is 0.255 e. The van der Waals surface area contributed by atoms with Crippen molar-refractivity contribution in [2.45, 2.75) is 13.3 Å². The number of nitrogens with zero attached hydrogens (tertiary/aromatic N) is 1. The van der Waals surface area contributed by atoms with Crippen LogP contribution in [0.15, 0.2) is 22.7 Å². The van der Waals surface area contributed by atoms with E-state index in [0.29, 0.717) is 18.5 Å². The first-order chi connectivity index (χ1) is 8.89. The minimum Gasteiger partial charge on any atom is -0.338 e. The fourth-order valence-corrected chi connectivity index (χ4v) is 3.80. The Morgan fingerprint density at radius 2 is 2.00 bits per heavy atom. The molecule has 1 aromatic carbocycles. The largest absolute Gasteiger partial charge is 0.338 e. The van der Waals surface area contributed by atoms with Crippen LogP contribution in [0.1, 0.15) is 22.3 Å². The maximum atomic E-state index is 12.4. The number of sulfone groups is 1. The number of carbonyl (C=O) groups excluding carboxylic acids is 1. The van der Waals surface area contributed by atoms with Gasteiger partial charge in [-0.15, -0.1) is 0 Å². The standard InChI is InChI=1S/C13H16BrNO3S/c1-10-3-4-12(14)11(9-10)13(16)15-5-2-7-19(17,18)8-6-15/h3-4,9H,2,5-8H2,1H3. The zero-order chi connectivity index (χ0) is 14.0. The first-order valence-electron chi connectivity index (χ1n) is 6.15. The molecule has 0 saturated carbocycles. The molecule has 0 atom stereocenters. The molecule has 0 N–H and O–H groups in total. The molecular formula is C13H16BrNO3S. The first kappa shape index (κ1) is 14.5. The molecular weight excluding hydrogens is 330 g/mol. The molecule has 104 valence electrons. The van der Waals surface area contributed by atoms with Crippen LogP contribution in [0.4, 0.5) is 0 Å². The molecule has 1 saturated heterocycles. The topological polar surface area (TPSA) is 54.5 Å². The van der Waals surface area contributed by atoms with E-state index < -0.39 is 9.84 Å². The normalized spacial score (nSPS) is 18.9. The molecule has 1 heterocycles. The van der Waals surface area contributed by atoms with Gasteiger partial charge in [0.2, 0.25) is 0 Å². The average molecular weight is 346 g/mol. The van der Waals surface area contributed by atoms with E-state index in [4.69, 9.17) is 0 Å². The first-order valence-corrected chi connectivity index (χ1v) is 8.76. The summed E-state index contributed by atoms with van der Waals surface area (Å²) >= 11 is 3.37. The summed E-state index contributed by atoms with van der Waals surface area (Å²) in [5.74, 6) is 0.126. The second-order valence-corrected chi connectivity index (χ2v) is 7.94. The molecule has 4 nitrogen and oxygen atoms in total. The van der Waals surface area contributed by atoms with E-state index in [1.165, 1.54) is 0 Å². The van der Waals surface area contributed by atoms with Crippen molar-refractivity contribution in [2.75, 3.05) is 24.6 Å².